The molecule has 0 bridgehead atoms. The second-order valence-electron chi connectivity index (χ2n) is 5.43. The minimum absolute atomic E-state index is 0.323. The van der Waals surface area contributed by atoms with E-state index in [2.05, 4.69) is 36.8 Å². The summed E-state index contributed by atoms with van der Waals surface area (Å²) in [6.45, 7) is 2.04. The van der Waals surface area contributed by atoms with Gasteiger partial charge in [-0.3, -0.25) is 0 Å². The Hall–Kier alpha value is -2.99. The SMILES string of the molecule is Cc1ccc2[nH]c3nc(NN=Cc4cccc(Cl)c4)nnc3c2c1. The molecule has 24 heavy (non-hydrogen) atoms. The molecule has 0 radical (unpaired) electrons. The van der Waals surface area contributed by atoms with Gasteiger partial charge in [-0.05, 0) is 36.8 Å². The first kappa shape index (κ1) is 14.6. The molecule has 0 fully saturated rings. The zero-order valence-corrected chi connectivity index (χ0v) is 13.5. The monoisotopic (exact) mass is 336 g/mol. The van der Waals surface area contributed by atoms with Crippen molar-refractivity contribution in [2.45, 2.75) is 6.92 Å². The lowest BCUT2D eigenvalue weighted by molar-refractivity contribution is 1.01. The fraction of sp³-hybridized carbons (Fsp3) is 0.0588. The number of nitrogens with one attached hydrogen (secondary N) is 2. The average molecular weight is 337 g/mol. The molecular weight excluding hydrogens is 324 g/mol. The predicted molar refractivity (Wildman–Crippen MR) is 96.6 cm³/mol. The Morgan fingerprint density at radius 1 is 1.17 bits per heavy atom. The Morgan fingerprint density at radius 2 is 2.08 bits per heavy atom. The zero-order chi connectivity index (χ0) is 16.5. The number of fused-ring (bicyclic) bond motifs is 3. The lowest BCUT2D eigenvalue weighted by atomic mass is 10.2. The van der Waals surface area contributed by atoms with E-state index in [0.29, 0.717) is 16.6 Å². The number of H-pyrrole nitrogens is 1. The van der Waals surface area contributed by atoms with Crippen molar-refractivity contribution in [2.75, 3.05) is 5.43 Å². The molecule has 0 saturated heterocycles. The number of aromatic amines is 1. The van der Waals surface area contributed by atoms with E-state index < -0.39 is 0 Å². The number of halogens is 1. The topological polar surface area (TPSA) is 78.9 Å². The van der Waals surface area contributed by atoms with Gasteiger partial charge in [0.25, 0.3) is 5.95 Å². The van der Waals surface area contributed by atoms with Gasteiger partial charge < -0.3 is 4.98 Å². The van der Waals surface area contributed by atoms with E-state index in [-0.39, 0.29) is 0 Å². The van der Waals surface area contributed by atoms with Gasteiger partial charge in [0.2, 0.25) is 0 Å². The molecule has 0 atom stereocenters. The second-order valence-corrected chi connectivity index (χ2v) is 5.87. The van der Waals surface area contributed by atoms with Crippen LogP contribution in [0.4, 0.5) is 5.95 Å². The highest BCUT2D eigenvalue weighted by atomic mass is 35.5. The lowest BCUT2D eigenvalue weighted by Gasteiger charge is -1.97. The largest absolute Gasteiger partial charge is 0.338 e. The summed E-state index contributed by atoms with van der Waals surface area (Å²) in [4.78, 5) is 7.65. The van der Waals surface area contributed by atoms with E-state index in [0.717, 1.165) is 22.0 Å². The van der Waals surface area contributed by atoms with E-state index in [1.807, 2.05) is 43.3 Å². The highest BCUT2D eigenvalue weighted by molar-refractivity contribution is 6.30. The van der Waals surface area contributed by atoms with Crippen LogP contribution in [-0.2, 0) is 0 Å². The number of aromatic nitrogens is 4. The summed E-state index contributed by atoms with van der Waals surface area (Å²) >= 11 is 5.93. The second kappa shape index (κ2) is 5.90. The number of hydrazone groups is 1. The summed E-state index contributed by atoms with van der Waals surface area (Å²) in [7, 11) is 0. The maximum Gasteiger partial charge on any atom is 0.265 e. The molecule has 2 aromatic carbocycles. The van der Waals surface area contributed by atoms with Crippen molar-refractivity contribution >= 4 is 45.8 Å². The number of hydrogen-bond acceptors (Lipinski definition) is 5. The van der Waals surface area contributed by atoms with Crippen LogP contribution in [0.1, 0.15) is 11.1 Å². The summed E-state index contributed by atoms with van der Waals surface area (Å²) < 4.78 is 0. The Labute approximate surface area is 142 Å². The number of anilines is 1. The van der Waals surface area contributed by atoms with Crippen LogP contribution in [0.25, 0.3) is 22.1 Å². The number of nitrogens with zero attached hydrogens (tertiary/aromatic N) is 4. The third-order valence-electron chi connectivity index (χ3n) is 3.60. The molecule has 0 amide bonds. The first-order valence-electron chi connectivity index (χ1n) is 7.36. The summed E-state index contributed by atoms with van der Waals surface area (Å²) in [5, 5.41) is 14.1. The van der Waals surface area contributed by atoms with Gasteiger partial charge in [-0.1, -0.05) is 35.4 Å². The third kappa shape index (κ3) is 2.79. The van der Waals surface area contributed by atoms with Crippen molar-refractivity contribution < 1.29 is 0 Å². The fourth-order valence-corrected chi connectivity index (χ4v) is 2.68. The quantitative estimate of drug-likeness (QED) is 0.439. The van der Waals surface area contributed by atoms with Crippen LogP contribution in [0, 0.1) is 6.92 Å². The molecule has 7 heteroatoms. The molecule has 118 valence electrons. The van der Waals surface area contributed by atoms with Crippen molar-refractivity contribution in [3.8, 4) is 0 Å². The summed E-state index contributed by atoms with van der Waals surface area (Å²) in [5.74, 6) is 0.323. The van der Waals surface area contributed by atoms with E-state index in [1.165, 1.54) is 5.56 Å². The number of rotatable bonds is 3. The highest BCUT2D eigenvalue weighted by Crippen LogP contribution is 2.23. The van der Waals surface area contributed by atoms with Crippen molar-refractivity contribution in [2.24, 2.45) is 5.10 Å². The van der Waals surface area contributed by atoms with Gasteiger partial charge in [-0.25, -0.2) is 5.43 Å². The third-order valence-corrected chi connectivity index (χ3v) is 3.83. The average Bonchev–Trinajstić information content (AvgIpc) is 2.92. The van der Waals surface area contributed by atoms with E-state index in [1.54, 1.807) is 6.21 Å². The van der Waals surface area contributed by atoms with Crippen LogP contribution >= 0.6 is 11.6 Å². The molecular formula is C17H13ClN6. The lowest BCUT2D eigenvalue weighted by Crippen LogP contribution is -1.98. The maximum atomic E-state index is 5.93. The van der Waals surface area contributed by atoms with Gasteiger partial charge in [0.05, 0.1) is 6.21 Å². The molecule has 0 unspecified atom stereocenters. The van der Waals surface area contributed by atoms with Gasteiger partial charge in [-0.2, -0.15) is 10.1 Å². The van der Waals surface area contributed by atoms with Gasteiger partial charge in [0, 0.05) is 15.9 Å². The highest BCUT2D eigenvalue weighted by Gasteiger charge is 2.08. The van der Waals surface area contributed by atoms with E-state index in [9.17, 15) is 0 Å². The van der Waals surface area contributed by atoms with Crippen LogP contribution in [0.2, 0.25) is 5.02 Å². The molecule has 4 rings (SSSR count). The zero-order valence-electron chi connectivity index (χ0n) is 12.8. The molecule has 0 aliphatic rings. The maximum absolute atomic E-state index is 5.93. The minimum atomic E-state index is 0.323. The van der Waals surface area contributed by atoms with Crippen LogP contribution in [0.5, 0.6) is 0 Å². The van der Waals surface area contributed by atoms with Crippen molar-refractivity contribution in [1.82, 2.24) is 20.2 Å². The Morgan fingerprint density at radius 3 is 2.96 bits per heavy atom. The van der Waals surface area contributed by atoms with Crippen molar-refractivity contribution in [3.63, 3.8) is 0 Å². The summed E-state index contributed by atoms with van der Waals surface area (Å²) in [6.07, 6.45) is 1.65. The van der Waals surface area contributed by atoms with Crippen LogP contribution in [0.3, 0.4) is 0 Å². The molecule has 0 spiro atoms. The van der Waals surface area contributed by atoms with Gasteiger partial charge in [-0.15, -0.1) is 10.2 Å². The molecule has 2 heterocycles. The Bertz CT molecular complexity index is 1070. The summed E-state index contributed by atoms with van der Waals surface area (Å²) in [6, 6.07) is 13.5. The van der Waals surface area contributed by atoms with E-state index >= 15 is 0 Å². The van der Waals surface area contributed by atoms with Crippen LogP contribution in [-0.4, -0.2) is 26.4 Å². The smallest absolute Gasteiger partial charge is 0.265 e. The number of benzene rings is 2. The summed E-state index contributed by atoms with van der Waals surface area (Å²) in [5.41, 5.74) is 7.23. The molecule has 0 aliphatic heterocycles. The van der Waals surface area contributed by atoms with Crippen molar-refractivity contribution in [1.29, 1.82) is 0 Å². The molecule has 2 aromatic heterocycles. The Balaban J connectivity index is 1.62. The molecule has 2 N–H and O–H groups in total. The minimum Gasteiger partial charge on any atom is -0.338 e. The normalized spacial score (nSPS) is 11.6. The van der Waals surface area contributed by atoms with Gasteiger partial charge in [0.1, 0.15) is 5.52 Å². The van der Waals surface area contributed by atoms with Crippen LogP contribution < -0.4 is 5.43 Å². The standard InChI is InChI=1S/C17H13ClN6/c1-10-5-6-14-13(7-10)15-16(20-14)21-17(24-22-15)23-19-9-11-3-2-4-12(18)8-11/h2-9H,1H3,(H2,20,21,23,24). The molecule has 0 saturated carbocycles. The Kier molecular flexibility index (Phi) is 3.59. The van der Waals surface area contributed by atoms with Crippen molar-refractivity contribution in [3.05, 3.63) is 58.6 Å². The van der Waals surface area contributed by atoms with E-state index in [4.69, 9.17) is 11.6 Å². The fourth-order valence-electron chi connectivity index (χ4n) is 2.48. The first-order valence-corrected chi connectivity index (χ1v) is 7.74. The molecule has 6 nitrogen and oxygen atoms in total. The number of hydrogen-bond donors (Lipinski definition) is 2. The molecule has 0 aliphatic carbocycles. The molecule has 4 aromatic rings. The van der Waals surface area contributed by atoms with Gasteiger partial charge in [0.15, 0.2) is 5.65 Å². The first-order chi connectivity index (χ1) is 11.7. The number of aryl methyl sites for hydroxylation is 1. The predicted octanol–water partition coefficient (Wildman–Crippen LogP) is 3.91. The van der Waals surface area contributed by atoms with Crippen LogP contribution in [0.15, 0.2) is 47.6 Å². The van der Waals surface area contributed by atoms with Gasteiger partial charge >= 0.3 is 0 Å².